The Morgan fingerprint density at radius 2 is 1.65 bits per heavy atom. The van der Waals surface area contributed by atoms with Gasteiger partial charge in [0.25, 0.3) is 0 Å². The first-order chi connectivity index (χ1) is 20.0. The summed E-state index contributed by atoms with van der Waals surface area (Å²) in [7, 11) is 0. The quantitative estimate of drug-likeness (QED) is 0.278. The molecule has 15 unspecified atom stereocenters. The first-order valence-corrected chi connectivity index (χ1v) is 17.0. The minimum Gasteiger partial charge on any atom is -0.390 e. The highest BCUT2D eigenvalue weighted by atomic mass is 16.7. The Balaban J connectivity index is 1.17. The van der Waals surface area contributed by atoms with Crippen LogP contribution in [0.1, 0.15) is 99.8 Å². The van der Waals surface area contributed by atoms with Crippen LogP contribution in [0.5, 0.6) is 0 Å². The van der Waals surface area contributed by atoms with Gasteiger partial charge in [-0.1, -0.05) is 39.3 Å². The van der Waals surface area contributed by atoms with Crippen LogP contribution in [-0.2, 0) is 18.9 Å². The smallest absolute Gasteiger partial charge is 0.186 e. The van der Waals surface area contributed by atoms with Crippen molar-refractivity contribution >= 4 is 0 Å². The molecule has 4 aliphatic carbocycles. The minimum atomic E-state index is -1.27. The molecule has 8 heteroatoms. The largest absolute Gasteiger partial charge is 0.390 e. The lowest BCUT2D eigenvalue weighted by atomic mass is 9.35. The summed E-state index contributed by atoms with van der Waals surface area (Å²) in [5.74, 6) is 0.645. The van der Waals surface area contributed by atoms with E-state index in [9.17, 15) is 20.4 Å². The van der Waals surface area contributed by atoms with Crippen molar-refractivity contribution in [2.45, 2.75) is 148 Å². The van der Waals surface area contributed by atoms with Crippen molar-refractivity contribution < 1.29 is 39.4 Å². The van der Waals surface area contributed by atoms with E-state index in [-0.39, 0.29) is 46.4 Å². The van der Waals surface area contributed by atoms with Gasteiger partial charge >= 0.3 is 0 Å². The lowest BCUT2D eigenvalue weighted by molar-refractivity contribution is -0.341. The summed E-state index contributed by atoms with van der Waals surface area (Å²) < 4.78 is 25.8. The lowest BCUT2D eigenvalue weighted by Crippen LogP contribution is -2.67. The summed E-state index contributed by atoms with van der Waals surface area (Å²) in [5, 5.41) is 42.8. The predicted octanol–water partition coefficient (Wildman–Crippen LogP) is 4.32. The van der Waals surface area contributed by atoms with Crippen LogP contribution in [-0.4, -0.2) is 81.8 Å². The molecular weight excluding hydrogens is 548 g/mol. The molecule has 0 amide bonds. The fraction of sp³-hybridized carbons (Fsp3) is 0.943. The third-order valence-corrected chi connectivity index (χ3v) is 14.5. The van der Waals surface area contributed by atoms with Gasteiger partial charge in [0.1, 0.15) is 18.3 Å². The van der Waals surface area contributed by atoms with Gasteiger partial charge in [0.05, 0.1) is 31.0 Å². The van der Waals surface area contributed by atoms with Gasteiger partial charge in [-0.15, -0.1) is 0 Å². The summed E-state index contributed by atoms with van der Waals surface area (Å²) >= 11 is 0. The van der Waals surface area contributed by atoms with E-state index < -0.39 is 36.0 Å². The molecule has 4 N–H and O–H groups in total. The fourth-order valence-corrected chi connectivity index (χ4v) is 12.9. The summed E-state index contributed by atoms with van der Waals surface area (Å²) in [6.45, 7) is 16.6. The Kier molecular flexibility index (Phi) is 7.02. The Bertz CT molecular complexity index is 1150. The Morgan fingerprint density at radius 3 is 2.37 bits per heavy atom. The van der Waals surface area contributed by atoms with Crippen LogP contribution in [0.25, 0.3) is 0 Å². The van der Waals surface area contributed by atoms with Crippen molar-refractivity contribution in [3.8, 4) is 0 Å². The van der Waals surface area contributed by atoms with E-state index in [4.69, 9.17) is 18.9 Å². The summed E-state index contributed by atoms with van der Waals surface area (Å²) in [5.41, 5.74) is 0.410. The normalized spacial score (nSPS) is 58.6. The van der Waals surface area contributed by atoms with Gasteiger partial charge in [0.2, 0.25) is 0 Å². The van der Waals surface area contributed by atoms with Crippen LogP contribution in [0.4, 0.5) is 0 Å². The lowest BCUT2D eigenvalue weighted by Gasteiger charge is -2.70. The van der Waals surface area contributed by atoms with E-state index in [1.54, 1.807) is 0 Å². The highest BCUT2D eigenvalue weighted by Crippen LogP contribution is 2.80. The second-order valence-electron chi connectivity index (χ2n) is 17.4. The van der Waals surface area contributed by atoms with Crippen molar-refractivity contribution in [3.63, 3.8) is 0 Å². The van der Waals surface area contributed by atoms with E-state index in [0.29, 0.717) is 24.2 Å². The van der Waals surface area contributed by atoms with E-state index >= 15 is 0 Å². The van der Waals surface area contributed by atoms with Crippen molar-refractivity contribution in [2.24, 2.45) is 45.3 Å². The molecule has 43 heavy (non-hydrogen) atoms. The third-order valence-electron chi connectivity index (χ3n) is 14.5. The van der Waals surface area contributed by atoms with Gasteiger partial charge < -0.3 is 39.4 Å². The molecule has 3 saturated heterocycles. The molecule has 244 valence electrons. The Labute approximate surface area is 257 Å². The number of aliphatic hydroxyl groups is 4. The zero-order valence-corrected chi connectivity index (χ0v) is 27.3. The first-order valence-electron chi connectivity index (χ1n) is 17.0. The van der Waals surface area contributed by atoms with Crippen LogP contribution >= 0.6 is 0 Å². The molecule has 0 aromatic carbocycles. The number of ether oxygens (including phenoxy) is 4. The summed E-state index contributed by atoms with van der Waals surface area (Å²) in [6, 6.07) is 0. The standard InChI is InChI=1S/C35H56O8/c1-19(2)14-20-15-33(7,39)28-21-8-9-24-31(5)12-11-25(42-29-27(38)26(37)22(36)16-40-29)30(3,4)23(31)10-13-32(24,6)34(21)17-35(28,43-20)41-18-34/h14,20-29,36-39H,8-13,15-18H2,1-7H3. The number of fused-ring (bicyclic) bond motifs is 4. The SMILES string of the molecule is CC(C)=CC1CC(C)(O)C2C3CCC4C5(C)CCC(OC6OCC(O)C(O)C6O)C(C)(C)C5CCC4(C)C34COC2(C4)O1. The molecule has 0 aromatic rings. The van der Waals surface area contributed by atoms with E-state index in [1.807, 2.05) is 6.92 Å². The molecule has 7 fully saturated rings. The highest BCUT2D eigenvalue weighted by Gasteiger charge is 2.80. The maximum Gasteiger partial charge on any atom is 0.186 e. The van der Waals surface area contributed by atoms with Gasteiger partial charge in [-0.05, 0) is 93.3 Å². The van der Waals surface area contributed by atoms with Crippen LogP contribution in [0, 0.1) is 45.3 Å². The Morgan fingerprint density at radius 1 is 0.907 bits per heavy atom. The van der Waals surface area contributed by atoms with Gasteiger partial charge in [-0.3, -0.25) is 0 Å². The zero-order valence-electron chi connectivity index (χ0n) is 27.3. The number of hydrogen-bond acceptors (Lipinski definition) is 8. The summed E-state index contributed by atoms with van der Waals surface area (Å²) in [6.07, 6.45) is 5.20. The van der Waals surface area contributed by atoms with E-state index in [0.717, 1.165) is 51.6 Å². The van der Waals surface area contributed by atoms with Crippen molar-refractivity contribution in [1.29, 1.82) is 0 Å². The third kappa shape index (κ3) is 4.09. The van der Waals surface area contributed by atoms with Crippen LogP contribution in [0.3, 0.4) is 0 Å². The van der Waals surface area contributed by atoms with Crippen molar-refractivity contribution in [1.82, 2.24) is 0 Å². The van der Waals surface area contributed by atoms with Gasteiger partial charge in [0.15, 0.2) is 12.1 Å². The second kappa shape index (κ2) is 9.72. The molecule has 15 atom stereocenters. The molecule has 2 bridgehead atoms. The zero-order chi connectivity index (χ0) is 31.0. The van der Waals surface area contributed by atoms with Crippen LogP contribution in [0.15, 0.2) is 11.6 Å². The molecule has 0 radical (unpaired) electrons. The molecular formula is C35H56O8. The van der Waals surface area contributed by atoms with E-state index in [2.05, 4.69) is 47.6 Å². The van der Waals surface area contributed by atoms with Crippen LogP contribution in [0.2, 0.25) is 0 Å². The Hall–Kier alpha value is -0.580. The molecule has 3 aliphatic heterocycles. The molecule has 7 rings (SSSR count). The predicted molar refractivity (Wildman–Crippen MR) is 160 cm³/mol. The summed E-state index contributed by atoms with van der Waals surface area (Å²) in [4.78, 5) is 0. The van der Waals surface area contributed by atoms with Gasteiger partial charge in [0, 0.05) is 24.2 Å². The van der Waals surface area contributed by atoms with Gasteiger partial charge in [-0.2, -0.15) is 0 Å². The number of rotatable bonds is 3. The number of aliphatic hydroxyl groups excluding tert-OH is 3. The average molecular weight is 605 g/mol. The molecule has 3 heterocycles. The highest BCUT2D eigenvalue weighted by molar-refractivity contribution is 5.26. The van der Waals surface area contributed by atoms with Crippen molar-refractivity contribution in [3.05, 3.63) is 11.6 Å². The maximum absolute atomic E-state index is 12.0. The van der Waals surface area contributed by atoms with Crippen molar-refractivity contribution in [2.75, 3.05) is 13.2 Å². The van der Waals surface area contributed by atoms with Gasteiger partial charge in [-0.25, -0.2) is 0 Å². The topological polar surface area (TPSA) is 118 Å². The maximum atomic E-state index is 12.0. The molecule has 0 aromatic heterocycles. The second-order valence-corrected chi connectivity index (χ2v) is 17.4. The number of hydrogen-bond donors (Lipinski definition) is 4. The fourth-order valence-electron chi connectivity index (χ4n) is 12.9. The first kappa shape index (κ1) is 31.0. The molecule has 7 aliphatic rings. The van der Waals surface area contributed by atoms with E-state index in [1.165, 1.54) is 5.57 Å². The monoisotopic (exact) mass is 604 g/mol. The average Bonchev–Trinajstić information content (AvgIpc) is 3.42. The molecule has 8 nitrogen and oxygen atoms in total. The molecule has 2 spiro atoms. The van der Waals surface area contributed by atoms with Crippen LogP contribution < -0.4 is 0 Å². The number of allylic oxidation sites excluding steroid dienone is 1. The molecule has 4 saturated carbocycles. The minimum absolute atomic E-state index is 0.00441.